The second-order valence-corrected chi connectivity index (χ2v) is 5.79. The molecule has 0 aliphatic carbocycles. The zero-order valence-corrected chi connectivity index (χ0v) is 13.1. The maximum atomic E-state index is 11.8. The molecule has 0 rings (SSSR count). The predicted molar refractivity (Wildman–Crippen MR) is 77.4 cm³/mol. The van der Waals surface area contributed by atoms with Gasteiger partial charge in [-0.15, -0.1) is 0 Å². The smallest absolute Gasteiger partial charge is 0.335 e. The van der Waals surface area contributed by atoms with E-state index in [4.69, 9.17) is 9.47 Å². The molecule has 106 valence electrons. The Morgan fingerprint density at radius 3 is 1.94 bits per heavy atom. The van der Waals surface area contributed by atoms with Crippen LogP contribution in [0.3, 0.4) is 0 Å². The van der Waals surface area contributed by atoms with Crippen molar-refractivity contribution >= 4 is 35.3 Å². The number of esters is 1. The summed E-state index contributed by atoms with van der Waals surface area (Å²) in [6.45, 7) is 1.45. The first-order chi connectivity index (χ1) is 8.56. The Labute approximate surface area is 118 Å². The molecule has 2 unspecified atom stereocenters. The van der Waals surface area contributed by atoms with E-state index in [1.54, 1.807) is 23.5 Å². The fourth-order valence-electron chi connectivity index (χ4n) is 1.34. The highest BCUT2D eigenvalue weighted by Crippen LogP contribution is 2.11. The lowest BCUT2D eigenvalue weighted by Gasteiger charge is -2.19. The number of rotatable bonds is 10. The van der Waals surface area contributed by atoms with E-state index in [0.29, 0.717) is 12.8 Å². The first-order valence-electron chi connectivity index (χ1n) is 5.78. The normalized spacial score (nSPS) is 14.0. The van der Waals surface area contributed by atoms with Gasteiger partial charge in [-0.05, 0) is 37.4 Å². The number of thioether (sulfide) groups is 2. The van der Waals surface area contributed by atoms with Crippen molar-refractivity contribution in [2.75, 3.05) is 31.1 Å². The molecule has 0 saturated heterocycles. The van der Waals surface area contributed by atoms with E-state index in [1.807, 2.05) is 12.5 Å². The fraction of sp³-hybridized carbons (Fsp3) is 0.833. The molecular formula is C12H22O4S2. The van der Waals surface area contributed by atoms with Crippen molar-refractivity contribution in [3.8, 4) is 0 Å². The molecule has 0 amide bonds. The summed E-state index contributed by atoms with van der Waals surface area (Å²) < 4.78 is 10.3. The van der Waals surface area contributed by atoms with Gasteiger partial charge < -0.3 is 9.47 Å². The maximum Gasteiger partial charge on any atom is 0.335 e. The summed E-state index contributed by atoms with van der Waals surface area (Å²) in [5.74, 6) is 1.06. The summed E-state index contributed by atoms with van der Waals surface area (Å²) >= 11 is 3.27. The molecule has 4 nitrogen and oxygen atoms in total. The van der Waals surface area contributed by atoms with Crippen LogP contribution in [0.15, 0.2) is 0 Å². The second kappa shape index (κ2) is 10.7. The summed E-state index contributed by atoms with van der Waals surface area (Å²) in [5, 5.41) is 0. The number of hydrogen-bond donors (Lipinski definition) is 0. The van der Waals surface area contributed by atoms with Crippen LogP contribution in [-0.2, 0) is 19.1 Å². The SMILES string of the molecule is COC(CCSC)C(=O)OC(CCSC)C(C)=O. The van der Waals surface area contributed by atoms with E-state index in [0.717, 1.165) is 11.5 Å². The molecule has 0 aromatic carbocycles. The molecule has 0 aromatic rings. The first kappa shape index (κ1) is 17.8. The molecule has 6 heteroatoms. The Balaban J connectivity index is 4.32. The number of ketones is 1. The van der Waals surface area contributed by atoms with Crippen molar-refractivity contribution in [1.29, 1.82) is 0 Å². The van der Waals surface area contributed by atoms with Crippen LogP contribution in [0.5, 0.6) is 0 Å². The Kier molecular flexibility index (Phi) is 10.6. The van der Waals surface area contributed by atoms with Crippen LogP contribution >= 0.6 is 23.5 Å². The minimum Gasteiger partial charge on any atom is -0.452 e. The van der Waals surface area contributed by atoms with Gasteiger partial charge in [0.1, 0.15) is 0 Å². The van der Waals surface area contributed by atoms with Crippen LogP contribution in [0.25, 0.3) is 0 Å². The van der Waals surface area contributed by atoms with E-state index >= 15 is 0 Å². The number of carbonyl (C=O) groups excluding carboxylic acids is 2. The third-order valence-corrected chi connectivity index (χ3v) is 3.72. The molecule has 0 radical (unpaired) electrons. The summed E-state index contributed by atoms with van der Waals surface area (Å²) in [6.07, 6.45) is 3.86. The van der Waals surface area contributed by atoms with Crippen molar-refractivity contribution in [3.63, 3.8) is 0 Å². The maximum absolute atomic E-state index is 11.8. The largest absolute Gasteiger partial charge is 0.452 e. The molecule has 0 aromatic heterocycles. The van der Waals surface area contributed by atoms with Gasteiger partial charge in [0.05, 0.1) is 0 Å². The summed E-state index contributed by atoms with van der Waals surface area (Å²) in [6, 6.07) is 0. The van der Waals surface area contributed by atoms with E-state index in [-0.39, 0.29) is 5.78 Å². The van der Waals surface area contributed by atoms with Crippen LogP contribution in [0.1, 0.15) is 19.8 Å². The lowest BCUT2D eigenvalue weighted by Crippen LogP contribution is -2.33. The van der Waals surface area contributed by atoms with Gasteiger partial charge in [-0.2, -0.15) is 23.5 Å². The summed E-state index contributed by atoms with van der Waals surface area (Å²) in [7, 11) is 1.48. The standard InChI is InChI=1S/C12H22O4S2/c1-9(13)10(5-7-17-3)16-12(14)11(15-2)6-8-18-4/h10-11H,5-8H2,1-4H3. The average molecular weight is 294 g/mol. The molecule has 0 aliphatic heterocycles. The Morgan fingerprint density at radius 1 is 1.06 bits per heavy atom. The molecule has 2 atom stereocenters. The third kappa shape index (κ3) is 7.28. The minimum atomic E-state index is -0.642. The molecule has 0 N–H and O–H groups in total. The van der Waals surface area contributed by atoms with E-state index < -0.39 is 18.2 Å². The predicted octanol–water partition coefficient (Wildman–Crippen LogP) is 2.01. The molecule has 0 fully saturated rings. The first-order valence-corrected chi connectivity index (χ1v) is 8.57. The second-order valence-electron chi connectivity index (χ2n) is 3.82. The van der Waals surface area contributed by atoms with Gasteiger partial charge in [0.2, 0.25) is 0 Å². The molecular weight excluding hydrogens is 272 g/mol. The number of hydrogen-bond acceptors (Lipinski definition) is 6. The number of Topliss-reactive ketones (excluding diaryl/α,β-unsaturated/α-hetero) is 1. The molecule has 0 saturated carbocycles. The number of methoxy groups -OCH3 is 1. The van der Waals surface area contributed by atoms with Crippen molar-refractivity contribution in [2.24, 2.45) is 0 Å². The van der Waals surface area contributed by atoms with Crippen LogP contribution in [-0.4, -0.2) is 55.1 Å². The van der Waals surface area contributed by atoms with Gasteiger partial charge in [0.25, 0.3) is 0 Å². The number of carbonyl (C=O) groups is 2. The monoisotopic (exact) mass is 294 g/mol. The Morgan fingerprint density at radius 2 is 1.56 bits per heavy atom. The quantitative estimate of drug-likeness (QED) is 0.575. The van der Waals surface area contributed by atoms with Gasteiger partial charge in [-0.25, -0.2) is 4.79 Å². The van der Waals surface area contributed by atoms with Crippen LogP contribution < -0.4 is 0 Å². The van der Waals surface area contributed by atoms with Crippen molar-refractivity contribution in [3.05, 3.63) is 0 Å². The Hall–Kier alpha value is -0.200. The Bertz CT molecular complexity index is 258. The van der Waals surface area contributed by atoms with Crippen molar-refractivity contribution in [2.45, 2.75) is 32.0 Å². The zero-order valence-electron chi connectivity index (χ0n) is 11.4. The van der Waals surface area contributed by atoms with Gasteiger partial charge in [0.15, 0.2) is 18.0 Å². The molecule has 0 aliphatic rings. The van der Waals surface area contributed by atoms with Gasteiger partial charge in [-0.3, -0.25) is 4.79 Å². The highest BCUT2D eigenvalue weighted by Gasteiger charge is 2.25. The van der Waals surface area contributed by atoms with Crippen molar-refractivity contribution < 1.29 is 19.1 Å². The van der Waals surface area contributed by atoms with Crippen LogP contribution in [0.2, 0.25) is 0 Å². The minimum absolute atomic E-state index is 0.114. The lowest BCUT2D eigenvalue weighted by molar-refractivity contribution is -0.164. The molecule has 0 heterocycles. The van der Waals surface area contributed by atoms with E-state index in [9.17, 15) is 9.59 Å². The lowest BCUT2D eigenvalue weighted by atomic mass is 10.2. The van der Waals surface area contributed by atoms with Crippen molar-refractivity contribution in [1.82, 2.24) is 0 Å². The van der Waals surface area contributed by atoms with Crippen LogP contribution in [0.4, 0.5) is 0 Å². The fourth-order valence-corrected chi connectivity index (χ4v) is 2.24. The zero-order chi connectivity index (χ0) is 14.0. The summed E-state index contributed by atoms with van der Waals surface area (Å²) in [5.41, 5.74) is 0. The highest BCUT2D eigenvalue weighted by atomic mass is 32.2. The topological polar surface area (TPSA) is 52.6 Å². The third-order valence-electron chi connectivity index (χ3n) is 2.43. The molecule has 18 heavy (non-hydrogen) atoms. The average Bonchev–Trinajstić information content (AvgIpc) is 2.34. The number of ether oxygens (including phenoxy) is 2. The molecule has 0 bridgehead atoms. The molecule has 0 spiro atoms. The summed E-state index contributed by atoms with van der Waals surface area (Å²) in [4.78, 5) is 23.2. The van der Waals surface area contributed by atoms with Gasteiger partial charge in [-0.1, -0.05) is 0 Å². The van der Waals surface area contributed by atoms with E-state index in [2.05, 4.69) is 0 Å². The van der Waals surface area contributed by atoms with Crippen LogP contribution in [0, 0.1) is 0 Å². The van der Waals surface area contributed by atoms with Gasteiger partial charge >= 0.3 is 5.97 Å². The van der Waals surface area contributed by atoms with E-state index in [1.165, 1.54) is 14.0 Å². The highest BCUT2D eigenvalue weighted by molar-refractivity contribution is 7.98. The van der Waals surface area contributed by atoms with Gasteiger partial charge in [0, 0.05) is 13.5 Å².